The maximum absolute atomic E-state index is 4.28. The number of hydrogen-bond donors (Lipinski definition) is 2. The molecule has 6 nitrogen and oxygen atoms in total. The molecule has 0 unspecified atom stereocenters. The van der Waals surface area contributed by atoms with Gasteiger partial charge in [-0.15, -0.1) is 34.2 Å². The Kier molecular flexibility index (Phi) is 8.69. The van der Waals surface area contributed by atoms with Crippen LogP contribution < -0.4 is 10.6 Å². The number of nitrogens with one attached hydrogen (secondary N) is 2. The van der Waals surface area contributed by atoms with Crippen LogP contribution in [0.15, 0.2) is 53.7 Å². The molecule has 0 aliphatic carbocycles. The molecule has 0 spiro atoms. The molecule has 3 rings (SSSR count). The fourth-order valence-electron chi connectivity index (χ4n) is 2.96. The second kappa shape index (κ2) is 11.0. The van der Waals surface area contributed by atoms with E-state index >= 15 is 0 Å². The van der Waals surface area contributed by atoms with Crippen LogP contribution in [0, 0.1) is 0 Å². The van der Waals surface area contributed by atoms with Crippen LogP contribution in [0.25, 0.3) is 5.65 Å². The summed E-state index contributed by atoms with van der Waals surface area (Å²) in [7, 11) is 1.78. The molecule has 0 saturated carbocycles. The minimum atomic E-state index is 0. The van der Waals surface area contributed by atoms with Gasteiger partial charge in [-0.3, -0.25) is 9.39 Å². The van der Waals surface area contributed by atoms with Crippen molar-refractivity contribution >= 4 is 35.6 Å². The SMILES string of the molecule is CN=C(NCCCc1ccc(C(C)C)cc1)NCc1nnc2ccccn12.I. The van der Waals surface area contributed by atoms with Crippen molar-refractivity contribution in [2.45, 2.75) is 39.2 Å². The molecule has 3 aromatic rings. The molecule has 0 bridgehead atoms. The lowest BCUT2D eigenvalue weighted by Crippen LogP contribution is -2.37. The Morgan fingerprint density at radius 2 is 1.86 bits per heavy atom. The van der Waals surface area contributed by atoms with E-state index in [4.69, 9.17) is 0 Å². The van der Waals surface area contributed by atoms with E-state index < -0.39 is 0 Å². The predicted octanol–water partition coefficient (Wildman–Crippen LogP) is 3.77. The van der Waals surface area contributed by atoms with Crippen molar-refractivity contribution in [2.24, 2.45) is 4.99 Å². The molecule has 0 radical (unpaired) electrons. The van der Waals surface area contributed by atoms with E-state index in [1.165, 1.54) is 11.1 Å². The molecule has 0 fully saturated rings. The zero-order chi connectivity index (χ0) is 19.1. The highest BCUT2D eigenvalue weighted by Gasteiger charge is 2.05. The summed E-state index contributed by atoms with van der Waals surface area (Å²) in [6.07, 6.45) is 4.07. The van der Waals surface area contributed by atoms with Crippen LogP contribution in [0.1, 0.15) is 43.1 Å². The van der Waals surface area contributed by atoms with Crippen LogP contribution in [0.3, 0.4) is 0 Å². The number of guanidine groups is 1. The number of benzene rings is 1. The number of hydrogen-bond acceptors (Lipinski definition) is 3. The summed E-state index contributed by atoms with van der Waals surface area (Å²) in [5.74, 6) is 2.22. The van der Waals surface area contributed by atoms with Crippen molar-refractivity contribution in [1.29, 1.82) is 0 Å². The normalized spacial score (nSPS) is 11.5. The second-order valence-electron chi connectivity index (χ2n) is 6.90. The van der Waals surface area contributed by atoms with Gasteiger partial charge >= 0.3 is 0 Å². The molecule has 2 N–H and O–H groups in total. The van der Waals surface area contributed by atoms with Crippen LogP contribution in [-0.2, 0) is 13.0 Å². The number of pyridine rings is 1. The van der Waals surface area contributed by atoms with Crippen molar-refractivity contribution in [3.8, 4) is 0 Å². The van der Waals surface area contributed by atoms with E-state index in [0.29, 0.717) is 12.5 Å². The summed E-state index contributed by atoms with van der Waals surface area (Å²) in [4.78, 5) is 4.28. The van der Waals surface area contributed by atoms with Gasteiger partial charge in [0.2, 0.25) is 0 Å². The van der Waals surface area contributed by atoms with E-state index in [1.54, 1.807) is 7.05 Å². The first-order valence-corrected chi connectivity index (χ1v) is 9.49. The number of aliphatic imine (C=N–C) groups is 1. The highest BCUT2D eigenvalue weighted by Crippen LogP contribution is 2.15. The third-order valence-electron chi connectivity index (χ3n) is 4.60. The summed E-state index contributed by atoms with van der Waals surface area (Å²) in [5, 5.41) is 15.0. The maximum Gasteiger partial charge on any atom is 0.191 e. The Balaban J connectivity index is 0.00000280. The summed E-state index contributed by atoms with van der Waals surface area (Å²) in [6, 6.07) is 14.8. The fraction of sp³-hybridized carbons (Fsp3) is 0.381. The van der Waals surface area contributed by atoms with E-state index in [0.717, 1.165) is 36.8 Å². The summed E-state index contributed by atoms with van der Waals surface area (Å²) in [5.41, 5.74) is 3.61. The minimum Gasteiger partial charge on any atom is -0.356 e. The Bertz CT molecular complexity index is 885. The highest BCUT2D eigenvalue weighted by atomic mass is 127. The van der Waals surface area contributed by atoms with Crippen molar-refractivity contribution < 1.29 is 0 Å². The molecule has 28 heavy (non-hydrogen) atoms. The molecule has 1 aromatic carbocycles. The fourth-order valence-corrected chi connectivity index (χ4v) is 2.96. The monoisotopic (exact) mass is 492 g/mol. The van der Waals surface area contributed by atoms with E-state index in [1.807, 2.05) is 28.8 Å². The summed E-state index contributed by atoms with van der Waals surface area (Å²) >= 11 is 0. The number of aryl methyl sites for hydroxylation is 1. The predicted molar refractivity (Wildman–Crippen MR) is 125 cm³/mol. The third kappa shape index (κ3) is 5.92. The molecular weight excluding hydrogens is 463 g/mol. The van der Waals surface area contributed by atoms with Gasteiger partial charge in [-0.25, -0.2) is 0 Å². The smallest absolute Gasteiger partial charge is 0.191 e. The van der Waals surface area contributed by atoms with Gasteiger partial charge in [-0.05, 0) is 42.0 Å². The van der Waals surface area contributed by atoms with Crippen molar-refractivity contribution in [2.75, 3.05) is 13.6 Å². The van der Waals surface area contributed by atoms with Crippen molar-refractivity contribution in [3.63, 3.8) is 0 Å². The van der Waals surface area contributed by atoms with E-state index in [2.05, 4.69) is 63.9 Å². The number of aromatic nitrogens is 3. The maximum atomic E-state index is 4.28. The molecule has 0 atom stereocenters. The number of fused-ring (bicyclic) bond motifs is 1. The van der Waals surface area contributed by atoms with E-state index in [9.17, 15) is 0 Å². The molecule has 2 aromatic heterocycles. The van der Waals surface area contributed by atoms with Crippen LogP contribution in [0.2, 0.25) is 0 Å². The summed E-state index contributed by atoms with van der Waals surface area (Å²) in [6.45, 7) is 5.88. The lowest BCUT2D eigenvalue weighted by atomic mass is 10.0. The average molecular weight is 492 g/mol. The van der Waals surface area contributed by atoms with Gasteiger partial charge < -0.3 is 10.6 Å². The molecule has 150 valence electrons. The zero-order valence-corrected chi connectivity index (χ0v) is 19.1. The van der Waals surface area contributed by atoms with Crippen LogP contribution in [0.5, 0.6) is 0 Å². The molecule has 0 aliphatic heterocycles. The Labute approximate surface area is 183 Å². The van der Waals surface area contributed by atoms with Gasteiger partial charge in [0.25, 0.3) is 0 Å². The average Bonchev–Trinajstić information content (AvgIpc) is 3.11. The van der Waals surface area contributed by atoms with Crippen LogP contribution in [0.4, 0.5) is 0 Å². The highest BCUT2D eigenvalue weighted by molar-refractivity contribution is 14.0. The lowest BCUT2D eigenvalue weighted by Gasteiger charge is -2.11. The molecule has 0 saturated heterocycles. The van der Waals surface area contributed by atoms with Gasteiger partial charge in [-0.1, -0.05) is 44.2 Å². The zero-order valence-electron chi connectivity index (χ0n) is 16.7. The molecular formula is C21H29IN6. The molecule has 0 aliphatic rings. The lowest BCUT2D eigenvalue weighted by molar-refractivity contribution is 0.726. The van der Waals surface area contributed by atoms with Crippen molar-refractivity contribution in [1.82, 2.24) is 25.2 Å². The third-order valence-corrected chi connectivity index (χ3v) is 4.60. The first kappa shape index (κ1) is 22.1. The van der Waals surface area contributed by atoms with Gasteiger partial charge in [0.05, 0.1) is 6.54 Å². The van der Waals surface area contributed by atoms with Crippen molar-refractivity contribution in [3.05, 3.63) is 65.6 Å². The van der Waals surface area contributed by atoms with Gasteiger partial charge in [0, 0.05) is 19.8 Å². The van der Waals surface area contributed by atoms with E-state index in [-0.39, 0.29) is 24.0 Å². The first-order chi connectivity index (χ1) is 13.2. The van der Waals surface area contributed by atoms with Crippen LogP contribution in [-0.4, -0.2) is 34.2 Å². The second-order valence-corrected chi connectivity index (χ2v) is 6.90. The summed E-state index contributed by atoms with van der Waals surface area (Å²) < 4.78 is 1.97. The quantitative estimate of drug-likeness (QED) is 0.228. The number of rotatable bonds is 7. The van der Waals surface area contributed by atoms with Gasteiger partial charge in [0.15, 0.2) is 17.4 Å². The van der Waals surface area contributed by atoms with Gasteiger partial charge in [0.1, 0.15) is 0 Å². The molecule has 7 heteroatoms. The topological polar surface area (TPSA) is 66.6 Å². The first-order valence-electron chi connectivity index (χ1n) is 9.49. The largest absolute Gasteiger partial charge is 0.356 e. The van der Waals surface area contributed by atoms with Crippen LogP contribution >= 0.6 is 24.0 Å². The molecule has 2 heterocycles. The minimum absolute atomic E-state index is 0. The Hall–Kier alpha value is -2.16. The number of nitrogens with zero attached hydrogens (tertiary/aromatic N) is 4. The Morgan fingerprint density at radius 3 is 2.57 bits per heavy atom. The standard InChI is InChI=1S/C21H28N6.HI/c1-16(2)18-11-9-17(10-12-18)7-6-13-23-21(22-3)24-15-20-26-25-19-8-4-5-14-27(19)20;/h4-5,8-12,14,16H,6-7,13,15H2,1-3H3,(H2,22,23,24);1H. The number of halogens is 1. The molecule has 0 amide bonds. The van der Waals surface area contributed by atoms with Gasteiger partial charge in [-0.2, -0.15) is 0 Å². The Morgan fingerprint density at radius 1 is 1.07 bits per heavy atom.